The molecular weight excluding hydrogens is 278 g/mol. The molecule has 0 amide bonds. The van der Waals surface area contributed by atoms with Gasteiger partial charge in [-0.2, -0.15) is 0 Å². The van der Waals surface area contributed by atoms with Gasteiger partial charge >= 0.3 is 0 Å². The summed E-state index contributed by atoms with van der Waals surface area (Å²) in [5.41, 5.74) is 7.52. The monoisotopic (exact) mass is 291 g/mol. The van der Waals surface area contributed by atoms with Crippen molar-refractivity contribution < 1.29 is 4.74 Å². The number of rotatable bonds is 4. The summed E-state index contributed by atoms with van der Waals surface area (Å²) in [7, 11) is 1.66. The third-order valence-corrected chi connectivity index (χ3v) is 4.57. The summed E-state index contributed by atoms with van der Waals surface area (Å²) in [6.07, 6.45) is 4.08. The van der Waals surface area contributed by atoms with Crippen molar-refractivity contribution in [1.82, 2.24) is 9.38 Å². The second kappa shape index (κ2) is 5.14. The topological polar surface area (TPSA) is 52.5 Å². The van der Waals surface area contributed by atoms with Crippen molar-refractivity contribution >= 4 is 33.7 Å². The zero-order chi connectivity index (χ0) is 13.2. The van der Waals surface area contributed by atoms with E-state index in [0.717, 1.165) is 27.1 Å². The van der Waals surface area contributed by atoms with Crippen LogP contribution in [0.4, 0.5) is 5.69 Å². The van der Waals surface area contributed by atoms with Gasteiger partial charge in [0.05, 0.1) is 12.8 Å². The summed E-state index contributed by atoms with van der Waals surface area (Å²) in [4.78, 5) is 6.66. The molecule has 0 spiro atoms. The molecule has 0 aliphatic rings. The quantitative estimate of drug-likeness (QED) is 0.592. The van der Waals surface area contributed by atoms with Crippen molar-refractivity contribution in [2.24, 2.45) is 0 Å². The van der Waals surface area contributed by atoms with Crippen LogP contribution in [0.2, 0.25) is 0 Å². The second-order valence-electron chi connectivity index (χ2n) is 4.02. The Hall–Kier alpha value is -1.66. The van der Waals surface area contributed by atoms with E-state index in [4.69, 9.17) is 10.5 Å². The molecule has 6 heteroatoms. The highest BCUT2D eigenvalue weighted by Crippen LogP contribution is 2.33. The molecule has 0 saturated heterocycles. The van der Waals surface area contributed by atoms with Gasteiger partial charge in [-0.25, -0.2) is 4.98 Å². The first kappa shape index (κ1) is 12.4. The number of thiazole rings is 1. The number of ether oxygens (including phenoxy) is 1. The second-order valence-corrected chi connectivity index (χ2v) is 5.91. The first-order valence-electron chi connectivity index (χ1n) is 5.73. The number of hydrogen-bond donors (Lipinski definition) is 1. The summed E-state index contributed by atoms with van der Waals surface area (Å²) in [5.74, 6) is 1.63. The zero-order valence-corrected chi connectivity index (χ0v) is 12.0. The Bertz CT molecular complexity index is 676. The van der Waals surface area contributed by atoms with Crippen molar-refractivity contribution in [3.8, 4) is 5.75 Å². The molecule has 2 aromatic heterocycles. The van der Waals surface area contributed by atoms with Gasteiger partial charge in [0.15, 0.2) is 4.96 Å². The maximum atomic E-state index is 5.74. The molecule has 0 fully saturated rings. The highest BCUT2D eigenvalue weighted by atomic mass is 32.2. The van der Waals surface area contributed by atoms with E-state index >= 15 is 0 Å². The smallest absolute Gasteiger partial charge is 0.193 e. The third kappa shape index (κ3) is 2.54. The summed E-state index contributed by atoms with van der Waals surface area (Å²) in [6.45, 7) is 0. The predicted molar refractivity (Wildman–Crippen MR) is 80.0 cm³/mol. The largest absolute Gasteiger partial charge is 0.496 e. The fourth-order valence-corrected chi connectivity index (χ4v) is 3.41. The number of benzene rings is 1. The van der Waals surface area contributed by atoms with E-state index in [1.54, 1.807) is 30.2 Å². The summed E-state index contributed by atoms with van der Waals surface area (Å²) in [5, 5.41) is 2.03. The number of anilines is 1. The number of fused-ring (bicyclic) bond motifs is 1. The molecule has 2 N–H and O–H groups in total. The van der Waals surface area contributed by atoms with Crippen LogP contribution < -0.4 is 10.5 Å². The molecule has 3 aromatic rings. The Morgan fingerprint density at radius 2 is 2.37 bits per heavy atom. The fraction of sp³-hybridized carbons (Fsp3) is 0.154. The van der Waals surface area contributed by atoms with E-state index in [-0.39, 0.29) is 0 Å². The van der Waals surface area contributed by atoms with Crippen LogP contribution in [0.1, 0.15) is 5.69 Å². The van der Waals surface area contributed by atoms with Crippen LogP contribution in [0.3, 0.4) is 0 Å². The Balaban J connectivity index is 1.77. The molecule has 19 heavy (non-hydrogen) atoms. The molecule has 3 rings (SSSR count). The molecule has 0 aliphatic carbocycles. The van der Waals surface area contributed by atoms with Gasteiger partial charge in [-0.05, 0) is 12.1 Å². The lowest BCUT2D eigenvalue weighted by atomic mass is 10.3. The number of nitrogen functional groups attached to an aromatic ring is 1. The molecule has 98 valence electrons. The fourth-order valence-electron chi connectivity index (χ4n) is 1.80. The van der Waals surface area contributed by atoms with Crippen LogP contribution in [0, 0.1) is 0 Å². The van der Waals surface area contributed by atoms with E-state index in [2.05, 4.69) is 11.2 Å². The van der Waals surface area contributed by atoms with Crippen molar-refractivity contribution in [2.75, 3.05) is 12.8 Å². The molecule has 1 aromatic carbocycles. The number of methoxy groups -OCH3 is 1. The molecule has 4 nitrogen and oxygen atoms in total. The average Bonchev–Trinajstić information content (AvgIpc) is 2.97. The molecule has 0 radical (unpaired) electrons. The number of hydrogen-bond acceptors (Lipinski definition) is 5. The summed E-state index contributed by atoms with van der Waals surface area (Å²) >= 11 is 3.34. The van der Waals surface area contributed by atoms with E-state index in [9.17, 15) is 0 Å². The first-order chi connectivity index (χ1) is 9.26. The van der Waals surface area contributed by atoms with Crippen LogP contribution in [-0.4, -0.2) is 16.5 Å². The van der Waals surface area contributed by atoms with Crippen LogP contribution in [0.5, 0.6) is 5.75 Å². The SMILES string of the molecule is COc1cc(N)ccc1SCc1cn2ccsc2n1. The molecule has 0 saturated carbocycles. The van der Waals surface area contributed by atoms with Gasteiger partial charge in [0.1, 0.15) is 5.75 Å². The maximum absolute atomic E-state index is 5.74. The minimum Gasteiger partial charge on any atom is -0.496 e. The van der Waals surface area contributed by atoms with Crippen LogP contribution >= 0.6 is 23.1 Å². The highest BCUT2D eigenvalue weighted by Gasteiger charge is 2.07. The van der Waals surface area contributed by atoms with Crippen LogP contribution in [0.15, 0.2) is 40.9 Å². The summed E-state index contributed by atoms with van der Waals surface area (Å²) in [6, 6.07) is 5.71. The number of nitrogens with zero attached hydrogens (tertiary/aromatic N) is 2. The van der Waals surface area contributed by atoms with Crippen LogP contribution in [-0.2, 0) is 5.75 Å². The van der Waals surface area contributed by atoms with Gasteiger partial charge in [0.25, 0.3) is 0 Å². The lowest BCUT2D eigenvalue weighted by Gasteiger charge is -2.07. The Kier molecular flexibility index (Phi) is 3.35. The van der Waals surface area contributed by atoms with Gasteiger partial charge in [-0.1, -0.05) is 0 Å². The first-order valence-corrected chi connectivity index (χ1v) is 7.60. The minimum absolute atomic E-state index is 0.712. The van der Waals surface area contributed by atoms with Gasteiger partial charge < -0.3 is 10.5 Å². The number of nitrogens with two attached hydrogens (primary N) is 1. The van der Waals surface area contributed by atoms with Gasteiger partial charge in [-0.15, -0.1) is 23.1 Å². The van der Waals surface area contributed by atoms with Gasteiger partial charge in [0, 0.05) is 40.2 Å². The molecule has 0 aliphatic heterocycles. The molecule has 0 atom stereocenters. The van der Waals surface area contributed by atoms with E-state index < -0.39 is 0 Å². The average molecular weight is 291 g/mol. The minimum atomic E-state index is 0.712. The maximum Gasteiger partial charge on any atom is 0.193 e. The molecule has 2 heterocycles. The zero-order valence-electron chi connectivity index (χ0n) is 10.4. The van der Waals surface area contributed by atoms with Gasteiger partial charge in [0.2, 0.25) is 0 Å². The Labute approximate surface area is 119 Å². The molecule has 0 unspecified atom stereocenters. The number of aromatic nitrogens is 2. The predicted octanol–water partition coefficient (Wildman–Crippen LogP) is 3.28. The summed E-state index contributed by atoms with van der Waals surface area (Å²) < 4.78 is 7.38. The Morgan fingerprint density at radius 3 is 3.16 bits per heavy atom. The van der Waals surface area contributed by atoms with E-state index in [1.807, 2.05) is 34.2 Å². The lowest BCUT2D eigenvalue weighted by Crippen LogP contribution is -1.90. The van der Waals surface area contributed by atoms with Crippen molar-refractivity contribution in [3.63, 3.8) is 0 Å². The van der Waals surface area contributed by atoms with Crippen molar-refractivity contribution in [3.05, 3.63) is 41.7 Å². The Morgan fingerprint density at radius 1 is 1.47 bits per heavy atom. The van der Waals surface area contributed by atoms with Crippen LogP contribution in [0.25, 0.3) is 4.96 Å². The standard InChI is InChI=1S/C13H13N3OS2/c1-17-11-6-9(14)2-3-12(11)19-8-10-7-16-4-5-18-13(16)15-10/h2-7H,8,14H2,1H3. The number of thioether (sulfide) groups is 1. The van der Waals surface area contributed by atoms with E-state index in [0.29, 0.717) is 5.69 Å². The normalized spacial score (nSPS) is 11.0. The van der Waals surface area contributed by atoms with E-state index in [1.165, 1.54) is 0 Å². The highest BCUT2D eigenvalue weighted by molar-refractivity contribution is 7.98. The lowest BCUT2D eigenvalue weighted by molar-refractivity contribution is 0.405. The van der Waals surface area contributed by atoms with Crippen molar-refractivity contribution in [2.45, 2.75) is 10.6 Å². The van der Waals surface area contributed by atoms with Gasteiger partial charge in [-0.3, -0.25) is 4.40 Å². The molecule has 0 bridgehead atoms. The molecular formula is C13H13N3OS2. The van der Waals surface area contributed by atoms with Crippen molar-refractivity contribution in [1.29, 1.82) is 0 Å². The number of imidazole rings is 1. The third-order valence-electron chi connectivity index (χ3n) is 2.71.